The Balaban J connectivity index is 1.37. The highest BCUT2D eigenvalue weighted by molar-refractivity contribution is 5.89. The lowest BCUT2D eigenvalue weighted by Crippen LogP contribution is -2.23. The molecule has 1 amide bonds. The maximum atomic E-state index is 12.3. The van der Waals surface area contributed by atoms with Crippen LogP contribution in [0.4, 0.5) is 0 Å². The van der Waals surface area contributed by atoms with Crippen LogP contribution in [0.5, 0.6) is 5.75 Å². The Morgan fingerprint density at radius 1 is 1.10 bits per heavy atom. The van der Waals surface area contributed by atoms with Crippen molar-refractivity contribution in [1.29, 1.82) is 0 Å². The second kappa shape index (κ2) is 8.39. The first-order valence-electron chi connectivity index (χ1n) is 9.01. The van der Waals surface area contributed by atoms with Gasteiger partial charge in [0.25, 0.3) is 0 Å². The molecule has 0 atom stereocenters. The minimum absolute atomic E-state index is 0.0731. The Morgan fingerprint density at radius 3 is 2.55 bits per heavy atom. The third-order valence-corrected chi connectivity index (χ3v) is 4.37. The summed E-state index contributed by atoms with van der Waals surface area (Å²) in [5.41, 5.74) is 2.83. The normalized spacial score (nSPS) is 10.7. The molecule has 2 aromatic heterocycles. The van der Waals surface area contributed by atoms with Gasteiger partial charge in [-0.15, -0.1) is 0 Å². The summed E-state index contributed by atoms with van der Waals surface area (Å²) in [6.07, 6.45) is 5.42. The molecule has 0 aliphatic carbocycles. The molecular formula is C21H19N5O3. The summed E-state index contributed by atoms with van der Waals surface area (Å²) in [5, 5.41) is 6.68. The zero-order valence-electron chi connectivity index (χ0n) is 15.8. The van der Waals surface area contributed by atoms with Gasteiger partial charge in [0.05, 0.1) is 13.4 Å². The van der Waals surface area contributed by atoms with Gasteiger partial charge in [0.2, 0.25) is 5.82 Å². The van der Waals surface area contributed by atoms with Crippen molar-refractivity contribution in [1.82, 2.24) is 25.0 Å². The van der Waals surface area contributed by atoms with Gasteiger partial charge in [0.1, 0.15) is 5.75 Å². The predicted octanol–water partition coefficient (Wildman–Crippen LogP) is 2.92. The van der Waals surface area contributed by atoms with Gasteiger partial charge in [-0.3, -0.25) is 4.79 Å². The van der Waals surface area contributed by atoms with E-state index in [1.807, 2.05) is 59.3 Å². The number of nitrogens with zero attached hydrogens (tertiary/aromatic N) is 4. The quantitative estimate of drug-likeness (QED) is 0.522. The molecule has 4 rings (SSSR count). The summed E-state index contributed by atoms with van der Waals surface area (Å²) in [5.74, 6) is 0.638. The number of amides is 1. The average Bonchev–Trinajstić information content (AvgIpc) is 3.45. The van der Waals surface area contributed by atoms with E-state index in [-0.39, 0.29) is 5.89 Å². The molecular weight excluding hydrogens is 370 g/mol. The Kier molecular flexibility index (Phi) is 5.33. The smallest absolute Gasteiger partial charge is 0.316 e. The summed E-state index contributed by atoms with van der Waals surface area (Å²) in [7, 11) is 1.61. The van der Waals surface area contributed by atoms with Crippen molar-refractivity contribution in [3.05, 3.63) is 84.3 Å². The average molecular weight is 389 g/mol. The Morgan fingerprint density at radius 2 is 1.86 bits per heavy atom. The van der Waals surface area contributed by atoms with E-state index in [0.29, 0.717) is 12.4 Å². The van der Waals surface area contributed by atoms with Crippen LogP contribution >= 0.6 is 0 Å². The Bertz CT molecular complexity index is 1070. The van der Waals surface area contributed by atoms with Crippen LogP contribution in [0.2, 0.25) is 0 Å². The second-order valence-electron chi connectivity index (χ2n) is 6.39. The highest BCUT2D eigenvalue weighted by Gasteiger charge is 2.16. The zero-order chi connectivity index (χ0) is 20.1. The SMILES string of the molecule is COc1ccc(CNC(=O)c2nc(-c3ccc(Cn4ccnc4)cc3)no2)cc1. The van der Waals surface area contributed by atoms with Gasteiger partial charge in [0.15, 0.2) is 0 Å². The lowest BCUT2D eigenvalue weighted by atomic mass is 10.1. The fraction of sp³-hybridized carbons (Fsp3) is 0.143. The summed E-state index contributed by atoms with van der Waals surface area (Å²) >= 11 is 0. The summed E-state index contributed by atoms with van der Waals surface area (Å²) < 4.78 is 12.2. The standard InChI is InChI=1S/C21H19N5O3/c1-28-18-8-4-15(5-9-18)12-23-20(27)21-24-19(25-29-21)17-6-2-16(3-7-17)13-26-11-10-22-14-26/h2-11,14H,12-13H2,1H3,(H,23,27). The van der Waals surface area contributed by atoms with Gasteiger partial charge in [-0.1, -0.05) is 41.6 Å². The number of nitrogens with one attached hydrogen (secondary N) is 1. The van der Waals surface area contributed by atoms with Crippen LogP contribution in [-0.2, 0) is 13.1 Å². The molecule has 0 bridgehead atoms. The van der Waals surface area contributed by atoms with E-state index in [9.17, 15) is 4.79 Å². The van der Waals surface area contributed by atoms with Crippen LogP contribution in [0.15, 0.2) is 71.8 Å². The number of rotatable bonds is 7. The van der Waals surface area contributed by atoms with E-state index in [1.54, 1.807) is 19.6 Å². The van der Waals surface area contributed by atoms with E-state index < -0.39 is 5.91 Å². The molecule has 2 heterocycles. The van der Waals surface area contributed by atoms with Gasteiger partial charge in [-0.25, -0.2) is 4.98 Å². The minimum atomic E-state index is -0.420. The van der Waals surface area contributed by atoms with Crippen molar-refractivity contribution in [2.75, 3.05) is 7.11 Å². The largest absolute Gasteiger partial charge is 0.497 e. The maximum absolute atomic E-state index is 12.3. The topological polar surface area (TPSA) is 95.1 Å². The number of methoxy groups -OCH3 is 1. The fourth-order valence-electron chi connectivity index (χ4n) is 2.78. The van der Waals surface area contributed by atoms with Gasteiger partial charge in [0, 0.05) is 31.0 Å². The summed E-state index contributed by atoms with van der Waals surface area (Å²) in [6.45, 7) is 1.08. The molecule has 1 N–H and O–H groups in total. The molecule has 0 aliphatic rings. The van der Waals surface area contributed by atoms with E-state index in [0.717, 1.165) is 29.0 Å². The van der Waals surface area contributed by atoms with Crippen molar-refractivity contribution >= 4 is 5.91 Å². The highest BCUT2D eigenvalue weighted by Crippen LogP contribution is 2.17. The minimum Gasteiger partial charge on any atom is -0.497 e. The molecule has 0 radical (unpaired) electrons. The van der Waals surface area contributed by atoms with Crippen molar-refractivity contribution in [3.8, 4) is 17.1 Å². The lowest BCUT2D eigenvalue weighted by Gasteiger charge is -2.04. The second-order valence-corrected chi connectivity index (χ2v) is 6.39. The number of benzene rings is 2. The van der Waals surface area contributed by atoms with E-state index >= 15 is 0 Å². The molecule has 146 valence electrons. The zero-order valence-corrected chi connectivity index (χ0v) is 15.8. The van der Waals surface area contributed by atoms with Gasteiger partial charge in [-0.2, -0.15) is 4.98 Å². The number of carbonyl (C=O) groups is 1. The van der Waals surface area contributed by atoms with Crippen molar-refractivity contribution in [3.63, 3.8) is 0 Å². The number of hydrogen-bond acceptors (Lipinski definition) is 6. The first kappa shape index (κ1) is 18.4. The number of imidazole rings is 1. The number of ether oxygens (including phenoxy) is 1. The Hall–Kier alpha value is -3.94. The number of hydrogen-bond donors (Lipinski definition) is 1. The molecule has 4 aromatic rings. The molecule has 0 saturated heterocycles. The lowest BCUT2D eigenvalue weighted by molar-refractivity contribution is 0.0907. The fourth-order valence-corrected chi connectivity index (χ4v) is 2.78. The molecule has 0 saturated carbocycles. The first-order valence-corrected chi connectivity index (χ1v) is 9.01. The monoisotopic (exact) mass is 389 g/mol. The summed E-state index contributed by atoms with van der Waals surface area (Å²) in [6, 6.07) is 15.2. The molecule has 2 aromatic carbocycles. The van der Waals surface area contributed by atoms with E-state index in [2.05, 4.69) is 20.4 Å². The van der Waals surface area contributed by atoms with Crippen LogP contribution < -0.4 is 10.1 Å². The van der Waals surface area contributed by atoms with Gasteiger partial charge >= 0.3 is 11.8 Å². The molecule has 8 nitrogen and oxygen atoms in total. The van der Waals surface area contributed by atoms with Gasteiger partial charge < -0.3 is 19.1 Å². The van der Waals surface area contributed by atoms with Crippen molar-refractivity contribution in [2.45, 2.75) is 13.1 Å². The first-order chi connectivity index (χ1) is 14.2. The third kappa shape index (κ3) is 4.49. The van der Waals surface area contributed by atoms with Gasteiger partial charge in [-0.05, 0) is 23.3 Å². The van der Waals surface area contributed by atoms with Crippen LogP contribution in [0, 0.1) is 0 Å². The number of carbonyl (C=O) groups excluding carboxylic acids is 1. The highest BCUT2D eigenvalue weighted by atomic mass is 16.5. The van der Waals surface area contributed by atoms with Crippen molar-refractivity contribution in [2.24, 2.45) is 0 Å². The van der Waals surface area contributed by atoms with Crippen LogP contribution in [-0.4, -0.2) is 32.7 Å². The van der Waals surface area contributed by atoms with Crippen LogP contribution in [0.25, 0.3) is 11.4 Å². The molecule has 0 aliphatic heterocycles. The van der Waals surface area contributed by atoms with Crippen LogP contribution in [0.1, 0.15) is 21.8 Å². The van der Waals surface area contributed by atoms with Crippen LogP contribution in [0.3, 0.4) is 0 Å². The maximum Gasteiger partial charge on any atom is 0.316 e. The molecule has 29 heavy (non-hydrogen) atoms. The molecule has 8 heteroatoms. The Labute approximate surface area is 167 Å². The summed E-state index contributed by atoms with van der Waals surface area (Å²) in [4.78, 5) is 20.5. The third-order valence-electron chi connectivity index (χ3n) is 4.37. The predicted molar refractivity (Wildman–Crippen MR) is 105 cm³/mol. The van der Waals surface area contributed by atoms with Crippen molar-refractivity contribution < 1.29 is 14.1 Å². The molecule has 0 spiro atoms. The number of aromatic nitrogens is 4. The van der Waals surface area contributed by atoms with E-state index in [1.165, 1.54) is 0 Å². The molecule has 0 unspecified atom stereocenters. The van der Waals surface area contributed by atoms with E-state index in [4.69, 9.17) is 9.26 Å². The molecule has 0 fully saturated rings.